The number of aliphatic hydroxyl groups is 1. The number of hydrogen-bond acceptors (Lipinski definition) is 4. The lowest BCUT2D eigenvalue weighted by atomic mass is 9.87. The van der Waals surface area contributed by atoms with Crippen LogP contribution in [0.15, 0.2) is 53.0 Å². The van der Waals surface area contributed by atoms with Gasteiger partial charge in [-0.1, -0.05) is 30.3 Å². The zero-order valence-electron chi connectivity index (χ0n) is 13.1. The maximum absolute atomic E-state index is 10.8. The van der Waals surface area contributed by atoms with Crippen molar-refractivity contribution in [1.82, 2.24) is 0 Å². The molecule has 24 heavy (non-hydrogen) atoms. The van der Waals surface area contributed by atoms with Gasteiger partial charge in [0.1, 0.15) is 0 Å². The van der Waals surface area contributed by atoms with E-state index < -0.39 is 11.0 Å². The molecule has 1 heterocycles. The number of anilines is 1. The molecule has 1 N–H and O–H groups in total. The van der Waals surface area contributed by atoms with Crippen molar-refractivity contribution in [2.45, 2.75) is 18.9 Å². The molecule has 1 aliphatic heterocycles. The van der Waals surface area contributed by atoms with Crippen LogP contribution in [0.4, 0.5) is 11.4 Å². The molecule has 0 spiro atoms. The number of nitro benzene ring substituents is 1. The van der Waals surface area contributed by atoms with Crippen molar-refractivity contribution in [3.8, 4) is 0 Å². The van der Waals surface area contributed by atoms with Gasteiger partial charge in [0, 0.05) is 29.7 Å². The average molecular weight is 391 g/mol. The summed E-state index contributed by atoms with van der Waals surface area (Å²) in [5.74, 6) is 0.237. The number of nitro groups is 1. The Morgan fingerprint density at radius 3 is 2.42 bits per heavy atom. The number of halogens is 1. The summed E-state index contributed by atoms with van der Waals surface area (Å²) in [6.45, 7) is 1.65. The van der Waals surface area contributed by atoms with E-state index in [-0.39, 0.29) is 11.6 Å². The second kappa shape index (κ2) is 7.32. The van der Waals surface area contributed by atoms with Crippen molar-refractivity contribution >= 4 is 27.3 Å². The summed E-state index contributed by atoms with van der Waals surface area (Å²) in [6, 6.07) is 14.6. The predicted molar refractivity (Wildman–Crippen MR) is 97.1 cm³/mol. The van der Waals surface area contributed by atoms with Gasteiger partial charge in [0.05, 0.1) is 16.7 Å². The normalized spacial score (nSPS) is 16.8. The molecule has 1 aliphatic rings. The molecule has 0 radical (unpaired) electrons. The molecule has 126 valence electrons. The first kappa shape index (κ1) is 16.9. The second-order valence-corrected chi connectivity index (χ2v) is 6.93. The van der Waals surface area contributed by atoms with Gasteiger partial charge in [0.25, 0.3) is 5.69 Å². The van der Waals surface area contributed by atoms with Crippen molar-refractivity contribution < 1.29 is 10.0 Å². The van der Waals surface area contributed by atoms with Crippen molar-refractivity contribution in [1.29, 1.82) is 0 Å². The molecular formula is C18H19BrN2O3. The molecule has 0 aromatic heterocycles. The third-order valence-corrected chi connectivity index (χ3v) is 5.25. The number of aliphatic hydroxyl groups excluding tert-OH is 1. The zero-order valence-corrected chi connectivity index (χ0v) is 14.7. The molecule has 0 aliphatic carbocycles. The lowest BCUT2D eigenvalue weighted by Gasteiger charge is -2.36. The van der Waals surface area contributed by atoms with Crippen molar-refractivity contribution in [2.75, 3.05) is 18.0 Å². The molecule has 6 heteroatoms. The minimum Gasteiger partial charge on any atom is -0.388 e. The Hall–Kier alpha value is -1.92. The SMILES string of the molecule is O=[N+]([O-])c1ccc(N2CCC(C(O)c3ccccc3)CC2)c(Br)c1. The third kappa shape index (κ3) is 3.60. The van der Waals surface area contributed by atoms with E-state index >= 15 is 0 Å². The molecule has 1 fully saturated rings. The second-order valence-electron chi connectivity index (χ2n) is 6.07. The summed E-state index contributed by atoms with van der Waals surface area (Å²) in [5, 5.41) is 21.4. The molecule has 0 saturated carbocycles. The molecule has 0 bridgehead atoms. The van der Waals surface area contributed by atoms with Gasteiger partial charge in [-0.15, -0.1) is 0 Å². The number of benzene rings is 2. The van der Waals surface area contributed by atoms with Gasteiger partial charge in [-0.3, -0.25) is 10.1 Å². The van der Waals surface area contributed by atoms with Crippen molar-refractivity contribution in [3.05, 3.63) is 68.7 Å². The summed E-state index contributed by atoms with van der Waals surface area (Å²) in [7, 11) is 0. The van der Waals surface area contributed by atoms with Gasteiger partial charge in [-0.2, -0.15) is 0 Å². The first-order valence-corrected chi connectivity index (χ1v) is 8.77. The van der Waals surface area contributed by atoms with Gasteiger partial charge in [0.2, 0.25) is 0 Å². The molecule has 2 aromatic carbocycles. The number of non-ortho nitro benzene ring substituents is 1. The fourth-order valence-electron chi connectivity index (χ4n) is 3.24. The van der Waals surface area contributed by atoms with E-state index in [0.29, 0.717) is 0 Å². The quantitative estimate of drug-likeness (QED) is 0.623. The van der Waals surface area contributed by atoms with Crippen LogP contribution in [0.5, 0.6) is 0 Å². The van der Waals surface area contributed by atoms with Crippen molar-refractivity contribution in [2.24, 2.45) is 5.92 Å². The summed E-state index contributed by atoms with van der Waals surface area (Å²) in [4.78, 5) is 12.7. The minimum absolute atomic E-state index is 0.0833. The molecule has 1 saturated heterocycles. The van der Waals surface area contributed by atoms with Crippen LogP contribution >= 0.6 is 15.9 Å². The standard InChI is InChI=1S/C18H19BrN2O3/c19-16-12-15(21(23)24)6-7-17(16)20-10-8-14(9-11-20)18(22)13-4-2-1-3-5-13/h1-7,12,14,18,22H,8-11H2. The summed E-state index contributed by atoms with van der Waals surface area (Å²) in [5.41, 5.74) is 2.01. The van der Waals surface area contributed by atoms with Crippen LogP contribution < -0.4 is 4.90 Å². The Morgan fingerprint density at radius 1 is 1.17 bits per heavy atom. The Bertz CT molecular complexity index is 715. The van der Waals surface area contributed by atoms with E-state index in [4.69, 9.17) is 0 Å². The highest BCUT2D eigenvalue weighted by molar-refractivity contribution is 9.10. The molecule has 2 aromatic rings. The predicted octanol–water partition coefficient (Wildman–Crippen LogP) is 4.31. The van der Waals surface area contributed by atoms with Crippen LogP contribution in [0.25, 0.3) is 0 Å². The van der Waals surface area contributed by atoms with Gasteiger partial charge >= 0.3 is 0 Å². The lowest BCUT2D eigenvalue weighted by molar-refractivity contribution is -0.384. The highest BCUT2D eigenvalue weighted by Crippen LogP contribution is 2.36. The Morgan fingerprint density at radius 2 is 1.83 bits per heavy atom. The van der Waals surface area contributed by atoms with Crippen molar-refractivity contribution in [3.63, 3.8) is 0 Å². The van der Waals surface area contributed by atoms with E-state index in [2.05, 4.69) is 20.8 Å². The van der Waals surface area contributed by atoms with E-state index in [9.17, 15) is 15.2 Å². The van der Waals surface area contributed by atoms with E-state index in [1.165, 1.54) is 6.07 Å². The highest BCUT2D eigenvalue weighted by atomic mass is 79.9. The van der Waals surface area contributed by atoms with Gasteiger partial charge in [-0.25, -0.2) is 0 Å². The molecule has 1 atom stereocenters. The molecule has 1 unspecified atom stereocenters. The summed E-state index contributed by atoms with van der Waals surface area (Å²) >= 11 is 3.44. The first-order valence-electron chi connectivity index (χ1n) is 7.98. The van der Waals surface area contributed by atoms with Crippen LogP contribution in [0.3, 0.4) is 0 Å². The third-order valence-electron chi connectivity index (χ3n) is 4.61. The smallest absolute Gasteiger partial charge is 0.270 e. The lowest BCUT2D eigenvalue weighted by Crippen LogP contribution is -2.35. The maximum Gasteiger partial charge on any atom is 0.270 e. The van der Waals surface area contributed by atoms with E-state index in [1.807, 2.05) is 30.3 Å². The van der Waals surface area contributed by atoms with Crippen LogP contribution in [-0.2, 0) is 0 Å². The fourth-order valence-corrected chi connectivity index (χ4v) is 3.86. The topological polar surface area (TPSA) is 66.6 Å². The number of nitrogens with zero attached hydrogens (tertiary/aromatic N) is 2. The molecule has 5 nitrogen and oxygen atoms in total. The maximum atomic E-state index is 10.8. The molecule has 0 amide bonds. The van der Waals surface area contributed by atoms with E-state index in [1.54, 1.807) is 12.1 Å². The van der Waals surface area contributed by atoms with Gasteiger partial charge in [-0.05, 0) is 46.3 Å². The number of rotatable bonds is 4. The minimum atomic E-state index is -0.436. The van der Waals surface area contributed by atoms with Crippen LogP contribution in [-0.4, -0.2) is 23.1 Å². The summed E-state index contributed by atoms with van der Waals surface area (Å²) < 4.78 is 0.735. The van der Waals surface area contributed by atoms with Crippen LogP contribution in [0.2, 0.25) is 0 Å². The molecular weight excluding hydrogens is 372 g/mol. The van der Waals surface area contributed by atoms with E-state index in [0.717, 1.165) is 41.7 Å². The van der Waals surface area contributed by atoms with Gasteiger partial charge < -0.3 is 10.0 Å². The van der Waals surface area contributed by atoms with Gasteiger partial charge in [0.15, 0.2) is 0 Å². The first-order chi connectivity index (χ1) is 11.6. The Balaban J connectivity index is 1.66. The number of hydrogen-bond donors (Lipinski definition) is 1. The molecule has 3 rings (SSSR count). The number of piperidine rings is 1. The Kier molecular flexibility index (Phi) is 5.16. The highest BCUT2D eigenvalue weighted by Gasteiger charge is 2.27. The van der Waals surface area contributed by atoms with Crippen LogP contribution in [0, 0.1) is 16.0 Å². The average Bonchev–Trinajstić information content (AvgIpc) is 2.62. The fraction of sp³-hybridized carbons (Fsp3) is 0.333. The largest absolute Gasteiger partial charge is 0.388 e. The van der Waals surface area contributed by atoms with Crippen LogP contribution in [0.1, 0.15) is 24.5 Å². The summed E-state index contributed by atoms with van der Waals surface area (Å²) in [6.07, 6.45) is 1.34. The zero-order chi connectivity index (χ0) is 17.1. The monoisotopic (exact) mass is 390 g/mol. The Labute approximate surface area is 149 Å².